The minimum atomic E-state index is -0.314. The first-order valence-corrected chi connectivity index (χ1v) is 8.48. The highest BCUT2D eigenvalue weighted by Crippen LogP contribution is 2.24. The van der Waals surface area contributed by atoms with E-state index in [4.69, 9.17) is 10.7 Å². The first kappa shape index (κ1) is 17.3. The molecule has 0 aliphatic heterocycles. The van der Waals surface area contributed by atoms with Gasteiger partial charge in [0.1, 0.15) is 0 Å². The van der Waals surface area contributed by atoms with Crippen molar-refractivity contribution in [1.29, 1.82) is 0 Å². The summed E-state index contributed by atoms with van der Waals surface area (Å²) < 4.78 is 0. The van der Waals surface area contributed by atoms with E-state index in [1.165, 1.54) is 25.7 Å². The number of hydrogen-bond donors (Lipinski definition) is 3. The topological polar surface area (TPSA) is 79.5 Å². The smallest absolute Gasteiger partial charge is 0.221 e. The number of guanidine groups is 1. The molecule has 1 fully saturated rings. The van der Waals surface area contributed by atoms with Crippen LogP contribution in [0.4, 0.5) is 5.69 Å². The fourth-order valence-corrected chi connectivity index (χ4v) is 2.85. The molecule has 0 spiro atoms. The van der Waals surface area contributed by atoms with Crippen molar-refractivity contribution >= 4 is 17.6 Å². The normalized spacial score (nSPS) is 15.9. The lowest BCUT2D eigenvalue weighted by atomic mass is 10.1. The van der Waals surface area contributed by atoms with Crippen LogP contribution in [0, 0.1) is 5.92 Å². The second kappa shape index (κ2) is 8.56. The maximum absolute atomic E-state index is 10.9. The number of amides is 1. The molecule has 0 saturated heterocycles. The summed E-state index contributed by atoms with van der Waals surface area (Å²) in [5.74, 6) is 1.22. The van der Waals surface area contributed by atoms with Gasteiger partial charge in [-0.3, -0.25) is 9.79 Å². The van der Waals surface area contributed by atoms with Gasteiger partial charge in [0.2, 0.25) is 5.91 Å². The summed E-state index contributed by atoms with van der Waals surface area (Å²) in [5.41, 5.74) is 7.09. The molecule has 5 heteroatoms. The second-order valence-electron chi connectivity index (χ2n) is 6.60. The van der Waals surface area contributed by atoms with Crippen molar-refractivity contribution in [1.82, 2.24) is 5.32 Å². The van der Waals surface area contributed by atoms with Crippen molar-refractivity contribution < 1.29 is 4.79 Å². The summed E-state index contributed by atoms with van der Waals surface area (Å²) in [5, 5.41) is 6.70. The van der Waals surface area contributed by atoms with Crippen LogP contribution >= 0.6 is 0 Å². The summed E-state index contributed by atoms with van der Waals surface area (Å²) >= 11 is 0. The van der Waals surface area contributed by atoms with Crippen LogP contribution in [0.15, 0.2) is 29.3 Å². The van der Waals surface area contributed by atoms with E-state index in [9.17, 15) is 4.79 Å². The standard InChI is InChI=1S/C18H28N4O/c1-13(2)21-18(20-12-15-5-3-4-6-15)22-16-9-7-14(8-10-16)11-17(19)23/h7-10,13,15H,3-6,11-12H2,1-2H3,(H2,19,23)(H2,20,21,22). The second-order valence-corrected chi connectivity index (χ2v) is 6.60. The Bertz CT molecular complexity index is 530. The zero-order valence-corrected chi connectivity index (χ0v) is 14.1. The number of carbonyl (C=O) groups excluding carboxylic acids is 1. The van der Waals surface area contributed by atoms with Gasteiger partial charge in [0.15, 0.2) is 5.96 Å². The Labute approximate surface area is 138 Å². The summed E-state index contributed by atoms with van der Waals surface area (Å²) in [6.45, 7) is 5.08. The lowest BCUT2D eigenvalue weighted by molar-refractivity contribution is -0.117. The number of benzene rings is 1. The maximum Gasteiger partial charge on any atom is 0.221 e. The molecule has 5 nitrogen and oxygen atoms in total. The fourth-order valence-electron chi connectivity index (χ4n) is 2.85. The molecule has 0 aromatic heterocycles. The van der Waals surface area contributed by atoms with Crippen molar-refractivity contribution in [2.24, 2.45) is 16.6 Å². The number of aliphatic imine (C=N–C) groups is 1. The highest BCUT2D eigenvalue weighted by Gasteiger charge is 2.14. The molecule has 4 N–H and O–H groups in total. The fraction of sp³-hybridized carbons (Fsp3) is 0.556. The molecule has 1 saturated carbocycles. The molecule has 0 radical (unpaired) electrons. The number of nitrogens with zero attached hydrogens (tertiary/aromatic N) is 1. The first-order valence-electron chi connectivity index (χ1n) is 8.48. The molecule has 2 rings (SSSR count). The molecule has 0 heterocycles. The molecule has 1 aliphatic carbocycles. The highest BCUT2D eigenvalue weighted by molar-refractivity contribution is 5.93. The Morgan fingerprint density at radius 1 is 1.26 bits per heavy atom. The molecule has 0 atom stereocenters. The third kappa shape index (κ3) is 6.30. The molecular formula is C18H28N4O. The number of rotatable bonds is 6. The average Bonchev–Trinajstić information content (AvgIpc) is 2.99. The molecule has 1 aromatic carbocycles. The lowest BCUT2D eigenvalue weighted by Gasteiger charge is -2.16. The molecule has 1 amide bonds. The minimum Gasteiger partial charge on any atom is -0.369 e. The molecule has 0 bridgehead atoms. The molecular weight excluding hydrogens is 288 g/mol. The van der Waals surface area contributed by atoms with Crippen LogP contribution in [0.2, 0.25) is 0 Å². The third-order valence-electron chi connectivity index (χ3n) is 4.00. The van der Waals surface area contributed by atoms with Gasteiger partial charge in [-0.1, -0.05) is 25.0 Å². The van der Waals surface area contributed by atoms with Crippen LogP contribution in [0.5, 0.6) is 0 Å². The van der Waals surface area contributed by atoms with Crippen LogP contribution in [0.25, 0.3) is 0 Å². The van der Waals surface area contributed by atoms with E-state index < -0.39 is 0 Å². The van der Waals surface area contributed by atoms with E-state index in [1.807, 2.05) is 24.3 Å². The van der Waals surface area contributed by atoms with Crippen molar-refractivity contribution in [2.45, 2.75) is 52.0 Å². The lowest BCUT2D eigenvalue weighted by Crippen LogP contribution is -2.36. The van der Waals surface area contributed by atoms with Gasteiger partial charge in [0.05, 0.1) is 6.42 Å². The predicted molar refractivity (Wildman–Crippen MR) is 95.5 cm³/mol. The van der Waals surface area contributed by atoms with Crippen LogP contribution in [0.3, 0.4) is 0 Å². The van der Waals surface area contributed by atoms with Gasteiger partial charge in [0, 0.05) is 18.3 Å². The van der Waals surface area contributed by atoms with Crippen LogP contribution in [0.1, 0.15) is 45.1 Å². The maximum atomic E-state index is 10.9. The quantitative estimate of drug-likeness (QED) is 0.557. The predicted octanol–water partition coefficient (Wildman–Crippen LogP) is 2.67. The van der Waals surface area contributed by atoms with Crippen LogP contribution < -0.4 is 16.4 Å². The van der Waals surface area contributed by atoms with Gasteiger partial charge in [-0.2, -0.15) is 0 Å². The van der Waals surface area contributed by atoms with Gasteiger partial charge in [-0.05, 0) is 50.3 Å². The Kier molecular flexibility index (Phi) is 6.44. The average molecular weight is 316 g/mol. The highest BCUT2D eigenvalue weighted by atomic mass is 16.1. The van der Waals surface area contributed by atoms with Crippen LogP contribution in [-0.2, 0) is 11.2 Å². The molecule has 126 valence electrons. The van der Waals surface area contributed by atoms with Crippen molar-refractivity contribution in [3.63, 3.8) is 0 Å². The number of carbonyl (C=O) groups is 1. The summed E-state index contributed by atoms with van der Waals surface area (Å²) in [4.78, 5) is 15.7. The van der Waals surface area contributed by atoms with Crippen LogP contribution in [-0.4, -0.2) is 24.5 Å². The number of anilines is 1. The van der Waals surface area contributed by atoms with Crippen molar-refractivity contribution in [2.75, 3.05) is 11.9 Å². The summed E-state index contributed by atoms with van der Waals surface area (Å²) in [6, 6.07) is 8.05. The summed E-state index contributed by atoms with van der Waals surface area (Å²) in [6.07, 6.45) is 5.53. The van der Waals surface area contributed by atoms with Gasteiger partial charge in [-0.25, -0.2) is 0 Å². The van der Waals surface area contributed by atoms with E-state index in [0.717, 1.165) is 29.7 Å². The molecule has 1 aromatic rings. The number of nitrogens with two attached hydrogens (primary N) is 1. The number of primary amides is 1. The minimum absolute atomic E-state index is 0.271. The Balaban J connectivity index is 1.98. The van der Waals surface area contributed by atoms with E-state index in [-0.39, 0.29) is 12.3 Å². The third-order valence-corrected chi connectivity index (χ3v) is 4.00. The van der Waals surface area contributed by atoms with E-state index >= 15 is 0 Å². The number of nitrogens with one attached hydrogen (secondary N) is 2. The van der Waals surface area contributed by atoms with Gasteiger partial charge < -0.3 is 16.4 Å². The molecule has 23 heavy (non-hydrogen) atoms. The Morgan fingerprint density at radius 3 is 2.48 bits per heavy atom. The van der Waals surface area contributed by atoms with E-state index in [2.05, 4.69) is 24.5 Å². The van der Waals surface area contributed by atoms with Crippen molar-refractivity contribution in [3.8, 4) is 0 Å². The van der Waals surface area contributed by atoms with Gasteiger partial charge in [0.25, 0.3) is 0 Å². The largest absolute Gasteiger partial charge is 0.369 e. The van der Waals surface area contributed by atoms with E-state index in [0.29, 0.717) is 6.04 Å². The molecule has 1 aliphatic rings. The Morgan fingerprint density at radius 2 is 1.91 bits per heavy atom. The van der Waals surface area contributed by atoms with Crippen molar-refractivity contribution in [3.05, 3.63) is 29.8 Å². The molecule has 0 unspecified atom stereocenters. The SMILES string of the molecule is CC(C)NC(=NCC1CCCC1)Nc1ccc(CC(N)=O)cc1. The zero-order valence-electron chi connectivity index (χ0n) is 14.1. The Hall–Kier alpha value is -2.04. The first-order chi connectivity index (χ1) is 11.0. The zero-order chi connectivity index (χ0) is 16.7. The number of hydrogen-bond acceptors (Lipinski definition) is 2. The monoisotopic (exact) mass is 316 g/mol. The van der Waals surface area contributed by atoms with E-state index in [1.54, 1.807) is 0 Å². The van der Waals surface area contributed by atoms with Gasteiger partial charge in [-0.15, -0.1) is 0 Å². The van der Waals surface area contributed by atoms with Gasteiger partial charge >= 0.3 is 0 Å². The summed E-state index contributed by atoms with van der Waals surface area (Å²) in [7, 11) is 0.